The summed E-state index contributed by atoms with van der Waals surface area (Å²) in [6.45, 7) is 0.439. The van der Waals surface area contributed by atoms with E-state index in [1.807, 2.05) is 43.3 Å². The number of aldehydes is 1. The Balaban J connectivity index is 2.69. The third-order valence-electron chi connectivity index (χ3n) is 1.84. The van der Waals surface area contributed by atoms with Crippen molar-refractivity contribution in [3.63, 3.8) is 0 Å². The van der Waals surface area contributed by atoms with Crippen molar-refractivity contribution in [1.82, 2.24) is 0 Å². The number of carbonyl (C=O) groups excluding carboxylic acids is 1. The van der Waals surface area contributed by atoms with Crippen molar-refractivity contribution in [3.8, 4) is 5.75 Å². The normalized spacial score (nSPS) is 9.57. The number of ether oxygens (including phenoxy) is 1. The van der Waals surface area contributed by atoms with E-state index in [2.05, 4.69) is 0 Å². The van der Waals surface area contributed by atoms with Gasteiger partial charge in [0.05, 0.1) is 12.3 Å². The monoisotopic (exact) mass is 193 g/mol. The molecule has 1 aromatic rings. The smallest absolute Gasteiger partial charge is 0.142 e. The lowest BCUT2D eigenvalue weighted by molar-refractivity contribution is -0.108. The van der Waals surface area contributed by atoms with Crippen molar-refractivity contribution in [1.29, 1.82) is 0 Å². The zero-order chi connectivity index (χ0) is 10.4. The van der Waals surface area contributed by atoms with Gasteiger partial charge in [0.15, 0.2) is 0 Å². The van der Waals surface area contributed by atoms with Crippen LogP contribution in [0.25, 0.3) is 0 Å². The van der Waals surface area contributed by atoms with E-state index in [0.717, 1.165) is 17.7 Å². The van der Waals surface area contributed by atoms with Gasteiger partial charge in [0.2, 0.25) is 0 Å². The Morgan fingerprint density at radius 3 is 2.71 bits per heavy atom. The molecule has 0 spiro atoms. The Morgan fingerprint density at radius 2 is 2.07 bits per heavy atom. The number of nitrogens with zero attached hydrogens (tertiary/aromatic N) is 1. The summed E-state index contributed by atoms with van der Waals surface area (Å²) in [5.74, 6) is 0.819. The largest absolute Gasteiger partial charge is 0.491 e. The van der Waals surface area contributed by atoms with E-state index < -0.39 is 0 Å². The highest BCUT2D eigenvalue weighted by atomic mass is 16.5. The van der Waals surface area contributed by atoms with Gasteiger partial charge in [-0.05, 0) is 12.1 Å². The maximum absolute atomic E-state index is 10.1. The van der Waals surface area contributed by atoms with E-state index in [1.165, 1.54) is 0 Å². The van der Waals surface area contributed by atoms with Crippen molar-refractivity contribution >= 4 is 12.0 Å². The summed E-state index contributed by atoms with van der Waals surface area (Å²) in [5, 5.41) is 0. The molecule has 14 heavy (non-hydrogen) atoms. The van der Waals surface area contributed by atoms with Gasteiger partial charge >= 0.3 is 0 Å². The van der Waals surface area contributed by atoms with Crippen LogP contribution in [-0.4, -0.2) is 27.0 Å². The molecule has 0 fully saturated rings. The molecule has 1 rings (SSSR count). The summed E-state index contributed by atoms with van der Waals surface area (Å²) in [7, 11) is 3.92. The molecule has 0 aliphatic heterocycles. The lowest BCUT2D eigenvalue weighted by Crippen LogP contribution is -2.11. The fourth-order valence-electron chi connectivity index (χ4n) is 1.17. The minimum Gasteiger partial charge on any atom is -0.491 e. The van der Waals surface area contributed by atoms with Crippen LogP contribution in [0.4, 0.5) is 5.69 Å². The number of benzene rings is 1. The minimum atomic E-state index is 0.432. The molecule has 0 unspecified atom stereocenters. The second kappa shape index (κ2) is 5.27. The average Bonchev–Trinajstić information content (AvgIpc) is 2.19. The number of rotatable bonds is 5. The molecule has 76 valence electrons. The zero-order valence-corrected chi connectivity index (χ0v) is 8.56. The molecule has 0 saturated carbocycles. The summed E-state index contributed by atoms with van der Waals surface area (Å²) < 4.78 is 5.47. The highest BCUT2D eigenvalue weighted by molar-refractivity contribution is 5.57. The van der Waals surface area contributed by atoms with E-state index >= 15 is 0 Å². The van der Waals surface area contributed by atoms with Crippen LogP contribution in [0, 0.1) is 0 Å². The van der Waals surface area contributed by atoms with Crippen molar-refractivity contribution in [2.45, 2.75) is 6.42 Å². The lowest BCUT2D eigenvalue weighted by Gasteiger charge is -2.17. The molecule has 0 aliphatic carbocycles. The standard InChI is InChI=1S/C11H15NO2/c1-12(2)10-6-3-4-7-11(10)14-9-5-8-13/h3-4,6-8H,5,9H2,1-2H3. The Labute approximate surface area is 84.3 Å². The maximum Gasteiger partial charge on any atom is 0.142 e. The predicted octanol–water partition coefficient (Wildman–Crippen LogP) is 1.72. The summed E-state index contributed by atoms with van der Waals surface area (Å²) in [4.78, 5) is 12.1. The first kappa shape index (κ1) is 10.6. The van der Waals surface area contributed by atoms with Crippen LogP contribution in [0.15, 0.2) is 24.3 Å². The summed E-state index contributed by atoms with van der Waals surface area (Å²) in [5.41, 5.74) is 1.03. The molecule has 0 amide bonds. The van der Waals surface area contributed by atoms with Crippen molar-refractivity contribution in [2.24, 2.45) is 0 Å². The maximum atomic E-state index is 10.1. The SMILES string of the molecule is CN(C)c1ccccc1OCCC=O. The minimum absolute atomic E-state index is 0.432. The zero-order valence-electron chi connectivity index (χ0n) is 8.56. The molecular formula is C11H15NO2. The first-order valence-electron chi connectivity index (χ1n) is 4.58. The molecule has 0 radical (unpaired) electrons. The second-order valence-corrected chi connectivity index (χ2v) is 3.17. The number of hydrogen-bond donors (Lipinski definition) is 0. The van der Waals surface area contributed by atoms with E-state index in [-0.39, 0.29) is 0 Å². The van der Waals surface area contributed by atoms with E-state index in [1.54, 1.807) is 0 Å². The molecule has 1 aromatic carbocycles. The number of hydrogen-bond acceptors (Lipinski definition) is 3. The lowest BCUT2D eigenvalue weighted by atomic mass is 10.3. The fraction of sp³-hybridized carbons (Fsp3) is 0.364. The third kappa shape index (κ3) is 2.76. The first-order chi connectivity index (χ1) is 6.75. The Kier molecular flexibility index (Phi) is 3.98. The molecule has 0 aliphatic rings. The number of para-hydroxylation sites is 2. The summed E-state index contributed by atoms with van der Waals surface area (Å²) in [6, 6.07) is 7.77. The van der Waals surface area contributed by atoms with Crippen LogP contribution in [-0.2, 0) is 4.79 Å². The van der Waals surface area contributed by atoms with Gasteiger partial charge < -0.3 is 14.4 Å². The predicted molar refractivity (Wildman–Crippen MR) is 56.9 cm³/mol. The molecule has 0 atom stereocenters. The van der Waals surface area contributed by atoms with E-state index in [0.29, 0.717) is 13.0 Å². The van der Waals surface area contributed by atoms with Gasteiger partial charge in [-0.15, -0.1) is 0 Å². The van der Waals surface area contributed by atoms with Gasteiger partial charge in [0, 0.05) is 20.5 Å². The highest BCUT2D eigenvalue weighted by Gasteiger charge is 2.03. The van der Waals surface area contributed by atoms with Crippen LogP contribution >= 0.6 is 0 Å². The van der Waals surface area contributed by atoms with Crippen LogP contribution < -0.4 is 9.64 Å². The topological polar surface area (TPSA) is 29.5 Å². The molecule has 0 N–H and O–H groups in total. The van der Waals surface area contributed by atoms with Crippen LogP contribution in [0.3, 0.4) is 0 Å². The van der Waals surface area contributed by atoms with Crippen LogP contribution in [0.2, 0.25) is 0 Å². The summed E-state index contributed by atoms with van der Waals surface area (Å²) in [6.07, 6.45) is 1.29. The Morgan fingerprint density at radius 1 is 1.36 bits per heavy atom. The highest BCUT2D eigenvalue weighted by Crippen LogP contribution is 2.25. The van der Waals surface area contributed by atoms with E-state index in [4.69, 9.17) is 4.74 Å². The molecular weight excluding hydrogens is 178 g/mol. The molecule has 0 heterocycles. The van der Waals surface area contributed by atoms with Crippen molar-refractivity contribution in [2.75, 3.05) is 25.6 Å². The number of anilines is 1. The number of carbonyl (C=O) groups is 1. The molecule has 3 heteroatoms. The quantitative estimate of drug-likeness (QED) is 0.526. The Hall–Kier alpha value is -1.51. The molecule has 3 nitrogen and oxygen atoms in total. The van der Waals surface area contributed by atoms with Gasteiger partial charge in [-0.1, -0.05) is 12.1 Å². The molecule has 0 saturated heterocycles. The molecule has 0 aromatic heterocycles. The first-order valence-corrected chi connectivity index (χ1v) is 4.58. The third-order valence-corrected chi connectivity index (χ3v) is 1.84. The van der Waals surface area contributed by atoms with Gasteiger partial charge in [-0.3, -0.25) is 0 Å². The fourth-order valence-corrected chi connectivity index (χ4v) is 1.17. The van der Waals surface area contributed by atoms with Gasteiger partial charge in [-0.25, -0.2) is 0 Å². The van der Waals surface area contributed by atoms with Crippen LogP contribution in [0.1, 0.15) is 6.42 Å². The molecule has 0 bridgehead atoms. The average molecular weight is 193 g/mol. The summed E-state index contributed by atoms with van der Waals surface area (Å²) >= 11 is 0. The van der Waals surface area contributed by atoms with Gasteiger partial charge in [0.25, 0.3) is 0 Å². The van der Waals surface area contributed by atoms with Crippen molar-refractivity contribution in [3.05, 3.63) is 24.3 Å². The van der Waals surface area contributed by atoms with Gasteiger partial charge in [0.1, 0.15) is 12.0 Å². The van der Waals surface area contributed by atoms with E-state index in [9.17, 15) is 4.79 Å². The van der Waals surface area contributed by atoms with Gasteiger partial charge in [-0.2, -0.15) is 0 Å². The van der Waals surface area contributed by atoms with Crippen molar-refractivity contribution < 1.29 is 9.53 Å². The van der Waals surface area contributed by atoms with Crippen LogP contribution in [0.5, 0.6) is 5.75 Å². The Bertz CT molecular complexity index is 297. The second-order valence-electron chi connectivity index (χ2n) is 3.17.